The van der Waals surface area contributed by atoms with Gasteiger partial charge in [0.2, 0.25) is 0 Å². The number of nitrogens with one attached hydrogen (secondary N) is 1. The predicted molar refractivity (Wildman–Crippen MR) is 78.0 cm³/mol. The third-order valence-corrected chi connectivity index (χ3v) is 4.10. The maximum absolute atomic E-state index is 11.9. The maximum Gasteiger partial charge on any atom is 0.252 e. The fourth-order valence-electron chi connectivity index (χ4n) is 1.49. The summed E-state index contributed by atoms with van der Waals surface area (Å²) in [5.74, 6) is -0.416. The fourth-order valence-corrected chi connectivity index (χ4v) is 3.34. The minimum Gasteiger partial charge on any atom is -0.349 e. The number of hydrogen-bond acceptors (Lipinski definition) is 4. The zero-order chi connectivity index (χ0) is 13.9. The lowest BCUT2D eigenvalue weighted by molar-refractivity contribution is 0.0941. The third kappa shape index (κ3) is 4.99. The van der Waals surface area contributed by atoms with Crippen LogP contribution < -0.4 is 5.32 Å². The van der Waals surface area contributed by atoms with Crippen molar-refractivity contribution in [2.24, 2.45) is 0 Å². The van der Waals surface area contributed by atoms with Crippen LogP contribution >= 0.6 is 28.6 Å². The quantitative estimate of drug-likeness (QED) is 0.814. The number of amides is 1. The van der Waals surface area contributed by atoms with Gasteiger partial charge in [0.15, 0.2) is 0 Å². The van der Waals surface area contributed by atoms with Gasteiger partial charge in [-0.05, 0) is 25.1 Å². The largest absolute Gasteiger partial charge is 0.349 e. The van der Waals surface area contributed by atoms with E-state index in [1.807, 2.05) is 0 Å². The Labute approximate surface area is 121 Å². The molecule has 100 valence electrons. The van der Waals surface area contributed by atoms with Gasteiger partial charge >= 0.3 is 0 Å². The van der Waals surface area contributed by atoms with Crippen LogP contribution in [0.3, 0.4) is 0 Å². The first-order chi connectivity index (χ1) is 8.19. The van der Waals surface area contributed by atoms with E-state index in [4.69, 9.17) is 0 Å². The summed E-state index contributed by atoms with van der Waals surface area (Å²) in [4.78, 5) is 12.4. The molecule has 1 rings (SSSR count). The molecule has 1 atom stereocenters. The van der Waals surface area contributed by atoms with E-state index >= 15 is 0 Å². The Morgan fingerprint density at radius 3 is 2.61 bits per heavy atom. The Morgan fingerprint density at radius 1 is 1.50 bits per heavy atom. The van der Waals surface area contributed by atoms with E-state index in [0.29, 0.717) is 10.5 Å². The number of sulfone groups is 1. The molecule has 0 aliphatic heterocycles. The number of carbonyl (C=O) groups is 1. The van der Waals surface area contributed by atoms with E-state index in [2.05, 4.69) is 33.9 Å². The Hall–Kier alpha value is -0.530. The number of hydrogen-bond donors (Lipinski definition) is 2. The minimum absolute atomic E-state index is 0.0861. The van der Waals surface area contributed by atoms with Crippen LogP contribution in [-0.2, 0) is 9.84 Å². The fraction of sp³-hybridized carbons (Fsp3) is 0.364. The van der Waals surface area contributed by atoms with Crippen molar-refractivity contribution in [1.82, 2.24) is 5.32 Å². The normalized spacial score (nSPS) is 13.1. The van der Waals surface area contributed by atoms with Gasteiger partial charge in [-0.1, -0.05) is 15.9 Å². The highest BCUT2D eigenvalue weighted by atomic mass is 79.9. The van der Waals surface area contributed by atoms with E-state index in [0.717, 1.165) is 10.7 Å². The average molecular weight is 352 g/mol. The van der Waals surface area contributed by atoms with Crippen molar-refractivity contribution in [3.8, 4) is 0 Å². The van der Waals surface area contributed by atoms with Gasteiger partial charge in [-0.2, -0.15) is 0 Å². The highest BCUT2D eigenvalue weighted by molar-refractivity contribution is 9.10. The van der Waals surface area contributed by atoms with Crippen molar-refractivity contribution < 1.29 is 13.2 Å². The van der Waals surface area contributed by atoms with E-state index < -0.39 is 15.9 Å². The zero-order valence-electron chi connectivity index (χ0n) is 9.97. The van der Waals surface area contributed by atoms with E-state index in [1.165, 1.54) is 0 Å². The molecule has 1 aromatic rings. The monoisotopic (exact) mass is 351 g/mol. The molecule has 1 aromatic carbocycles. The van der Waals surface area contributed by atoms with Crippen LogP contribution in [0.2, 0.25) is 0 Å². The second-order valence-corrected chi connectivity index (χ2v) is 7.71. The van der Waals surface area contributed by atoms with Crippen LogP contribution in [0, 0.1) is 0 Å². The van der Waals surface area contributed by atoms with Crippen molar-refractivity contribution in [2.75, 3.05) is 12.0 Å². The molecule has 0 saturated carbocycles. The Bertz CT molecular complexity index is 557. The third-order valence-electron chi connectivity index (χ3n) is 2.13. The molecule has 0 fully saturated rings. The van der Waals surface area contributed by atoms with Crippen molar-refractivity contribution >= 4 is 44.3 Å². The number of carbonyl (C=O) groups excluding carboxylic acids is 1. The first-order valence-electron chi connectivity index (χ1n) is 5.16. The molecule has 4 nitrogen and oxygen atoms in total. The van der Waals surface area contributed by atoms with E-state index in [1.54, 1.807) is 25.1 Å². The molecule has 0 aliphatic rings. The summed E-state index contributed by atoms with van der Waals surface area (Å²) in [6, 6.07) is 4.63. The van der Waals surface area contributed by atoms with Crippen LogP contribution in [0.4, 0.5) is 0 Å². The molecule has 18 heavy (non-hydrogen) atoms. The summed E-state index contributed by atoms with van der Waals surface area (Å²) in [7, 11) is -3.11. The SMILES string of the molecule is CC(CS(C)(=O)=O)NC(=O)c1ccc(Br)cc1S. The lowest BCUT2D eigenvalue weighted by atomic mass is 10.2. The number of rotatable bonds is 4. The second kappa shape index (κ2) is 6.08. The summed E-state index contributed by atoms with van der Waals surface area (Å²) in [5, 5.41) is 2.63. The summed E-state index contributed by atoms with van der Waals surface area (Å²) >= 11 is 7.48. The molecule has 0 spiro atoms. The lowest BCUT2D eigenvalue weighted by Crippen LogP contribution is -2.37. The topological polar surface area (TPSA) is 63.2 Å². The van der Waals surface area contributed by atoms with Crippen LogP contribution in [0.15, 0.2) is 27.6 Å². The molecule has 7 heteroatoms. The van der Waals surface area contributed by atoms with Crippen LogP contribution in [0.25, 0.3) is 0 Å². The summed E-state index contributed by atoms with van der Waals surface area (Å²) in [6.07, 6.45) is 1.14. The summed E-state index contributed by atoms with van der Waals surface area (Å²) in [5.41, 5.74) is 0.418. The molecule has 0 aromatic heterocycles. The second-order valence-electron chi connectivity index (χ2n) is 4.13. The highest BCUT2D eigenvalue weighted by Gasteiger charge is 2.15. The molecular formula is C11H14BrNO3S2. The smallest absolute Gasteiger partial charge is 0.252 e. The maximum atomic E-state index is 11.9. The molecule has 0 radical (unpaired) electrons. The lowest BCUT2D eigenvalue weighted by Gasteiger charge is -2.13. The van der Waals surface area contributed by atoms with Crippen molar-refractivity contribution in [1.29, 1.82) is 0 Å². The van der Waals surface area contributed by atoms with Crippen molar-refractivity contribution in [3.63, 3.8) is 0 Å². The Kier molecular flexibility index (Phi) is 5.24. The molecular weight excluding hydrogens is 338 g/mol. The van der Waals surface area contributed by atoms with Gasteiger partial charge in [0.05, 0.1) is 11.3 Å². The van der Waals surface area contributed by atoms with Gasteiger partial charge in [-0.15, -0.1) is 12.6 Å². The van der Waals surface area contributed by atoms with Gasteiger partial charge in [-0.25, -0.2) is 8.42 Å². The van der Waals surface area contributed by atoms with E-state index in [9.17, 15) is 13.2 Å². The summed E-state index contributed by atoms with van der Waals surface area (Å²) < 4.78 is 23.0. The number of halogens is 1. The molecule has 1 N–H and O–H groups in total. The van der Waals surface area contributed by atoms with Gasteiger partial charge in [0.25, 0.3) is 5.91 Å². The first-order valence-corrected chi connectivity index (χ1v) is 8.46. The van der Waals surface area contributed by atoms with Crippen molar-refractivity contribution in [3.05, 3.63) is 28.2 Å². The standard InChI is InChI=1S/C11H14BrNO3S2/c1-7(6-18(2,15)16)13-11(14)9-4-3-8(12)5-10(9)17/h3-5,7,17H,6H2,1-2H3,(H,13,14). The van der Waals surface area contributed by atoms with Crippen LogP contribution in [0.1, 0.15) is 17.3 Å². The molecule has 0 saturated heterocycles. The van der Waals surface area contributed by atoms with Gasteiger partial charge in [-0.3, -0.25) is 4.79 Å². The molecule has 1 amide bonds. The number of benzene rings is 1. The van der Waals surface area contributed by atoms with Crippen LogP contribution in [-0.4, -0.2) is 32.4 Å². The molecule has 0 aliphatic carbocycles. The van der Waals surface area contributed by atoms with Gasteiger partial charge < -0.3 is 5.32 Å². The Morgan fingerprint density at radius 2 is 2.11 bits per heavy atom. The number of thiol groups is 1. The van der Waals surface area contributed by atoms with Crippen molar-refractivity contribution in [2.45, 2.75) is 17.9 Å². The minimum atomic E-state index is -3.11. The zero-order valence-corrected chi connectivity index (χ0v) is 13.3. The molecule has 0 heterocycles. The predicted octanol–water partition coefficient (Wildman–Crippen LogP) is 1.90. The van der Waals surface area contributed by atoms with Gasteiger partial charge in [0.1, 0.15) is 9.84 Å². The Balaban J connectivity index is 2.77. The average Bonchev–Trinajstić information content (AvgIpc) is 2.13. The summed E-state index contributed by atoms with van der Waals surface area (Å²) in [6.45, 7) is 1.65. The van der Waals surface area contributed by atoms with Crippen LogP contribution in [0.5, 0.6) is 0 Å². The van der Waals surface area contributed by atoms with Gasteiger partial charge in [0, 0.05) is 21.7 Å². The molecule has 1 unspecified atom stereocenters. The van der Waals surface area contributed by atoms with E-state index in [-0.39, 0.29) is 11.7 Å². The first kappa shape index (κ1) is 15.5. The highest BCUT2D eigenvalue weighted by Crippen LogP contribution is 2.19. The molecule has 0 bridgehead atoms.